The van der Waals surface area contributed by atoms with Crippen molar-refractivity contribution >= 4 is 10.0 Å². The third-order valence-electron chi connectivity index (χ3n) is 6.92. The molecule has 1 aliphatic rings. The van der Waals surface area contributed by atoms with E-state index in [2.05, 4.69) is 96.8 Å². The lowest BCUT2D eigenvalue weighted by atomic mass is 9.63. The summed E-state index contributed by atoms with van der Waals surface area (Å²) >= 11 is 0. The molecule has 0 spiro atoms. The van der Waals surface area contributed by atoms with Crippen LogP contribution in [0.3, 0.4) is 0 Å². The van der Waals surface area contributed by atoms with Gasteiger partial charge in [-0.3, -0.25) is 4.98 Å². The summed E-state index contributed by atoms with van der Waals surface area (Å²) < 4.78 is 0. The molecule has 3 rings (SSSR count). The highest BCUT2D eigenvalue weighted by Crippen LogP contribution is 2.50. The monoisotopic (exact) mass is 411 g/mol. The molecule has 0 aliphatic heterocycles. The minimum absolute atomic E-state index is 0.119. The summed E-state index contributed by atoms with van der Waals surface area (Å²) in [5.41, 5.74) is 6.16. The molecule has 1 fully saturated rings. The fourth-order valence-corrected chi connectivity index (χ4v) is 5.96. The fraction of sp³-hybridized carbons (Fsp3) is 0.593. The van der Waals surface area contributed by atoms with Crippen LogP contribution in [0, 0.1) is 5.41 Å². The maximum atomic E-state index is 4.88. The van der Waals surface area contributed by atoms with E-state index in [1.807, 2.05) is 0 Å². The highest BCUT2D eigenvalue weighted by Gasteiger charge is 2.35. The van der Waals surface area contributed by atoms with E-state index < -0.39 is 10.0 Å². The van der Waals surface area contributed by atoms with Crippen molar-refractivity contribution < 1.29 is 0 Å². The Morgan fingerprint density at radius 1 is 0.862 bits per heavy atom. The van der Waals surface area contributed by atoms with E-state index in [1.54, 1.807) is 0 Å². The summed E-state index contributed by atoms with van der Waals surface area (Å²) in [6.07, 6.45) is 14.5. The molecule has 0 amide bonds. The molecule has 0 bridgehead atoms. The minimum Gasteiger partial charge on any atom is -0.256 e. The molecule has 0 N–H and O–H groups in total. The molecule has 1 aromatic heterocycles. The van der Waals surface area contributed by atoms with Crippen LogP contribution >= 0.6 is 10.0 Å². The molecule has 1 aromatic carbocycles. The molecule has 2 heteroatoms. The Kier molecular flexibility index (Phi) is 5.75. The van der Waals surface area contributed by atoms with Crippen molar-refractivity contribution in [3.8, 4) is 11.3 Å². The van der Waals surface area contributed by atoms with Gasteiger partial charge in [0.25, 0.3) is 0 Å². The fourth-order valence-electron chi connectivity index (χ4n) is 4.48. The van der Waals surface area contributed by atoms with Crippen molar-refractivity contribution in [1.82, 2.24) is 4.98 Å². The maximum Gasteiger partial charge on any atom is 0.0712 e. The molecular weight excluding hydrogens is 370 g/mol. The molecule has 0 saturated heterocycles. The number of benzene rings is 1. The van der Waals surface area contributed by atoms with Gasteiger partial charge in [-0.15, -0.1) is 0 Å². The van der Waals surface area contributed by atoms with Crippen LogP contribution in [0.2, 0.25) is 0 Å². The van der Waals surface area contributed by atoms with Gasteiger partial charge in [0.1, 0.15) is 0 Å². The number of hydrogen-bond donors (Lipinski definition) is 0. The summed E-state index contributed by atoms with van der Waals surface area (Å²) in [6, 6.07) is 11.7. The number of pyridine rings is 1. The van der Waals surface area contributed by atoms with Crippen molar-refractivity contribution in [2.45, 2.75) is 83.0 Å². The molecule has 1 aliphatic carbocycles. The molecule has 29 heavy (non-hydrogen) atoms. The van der Waals surface area contributed by atoms with Crippen LogP contribution < -0.4 is 0 Å². The lowest BCUT2D eigenvalue weighted by Crippen LogP contribution is -2.32. The van der Waals surface area contributed by atoms with Crippen molar-refractivity contribution in [2.24, 2.45) is 5.41 Å². The molecule has 1 heterocycles. The third-order valence-corrected chi connectivity index (χ3v) is 8.58. The topological polar surface area (TPSA) is 12.9 Å². The van der Waals surface area contributed by atoms with Crippen LogP contribution in [-0.4, -0.2) is 23.8 Å². The van der Waals surface area contributed by atoms with E-state index in [9.17, 15) is 0 Å². The molecule has 0 atom stereocenters. The first-order valence-electron chi connectivity index (χ1n) is 11.0. The van der Waals surface area contributed by atoms with Crippen LogP contribution in [0.25, 0.3) is 11.3 Å². The Morgan fingerprint density at radius 3 is 1.90 bits per heavy atom. The molecule has 160 valence electrons. The number of aromatic nitrogens is 1. The lowest BCUT2D eigenvalue weighted by molar-refractivity contribution is 0.173. The average molecular weight is 412 g/mol. The Bertz CT molecular complexity index is 853. The van der Waals surface area contributed by atoms with E-state index >= 15 is 0 Å². The van der Waals surface area contributed by atoms with Gasteiger partial charge >= 0.3 is 0 Å². The first-order valence-corrected chi connectivity index (χ1v) is 13.9. The number of rotatable bonds is 3. The summed E-state index contributed by atoms with van der Waals surface area (Å²) in [7, 11) is -0.833. The van der Waals surface area contributed by atoms with Gasteiger partial charge in [-0.05, 0) is 82.8 Å². The first-order chi connectivity index (χ1) is 13.2. The summed E-state index contributed by atoms with van der Waals surface area (Å²) in [4.78, 5) is 6.37. The summed E-state index contributed by atoms with van der Waals surface area (Å²) in [5, 5.41) is 0. The van der Waals surface area contributed by atoms with Gasteiger partial charge < -0.3 is 0 Å². The number of nitrogens with zero attached hydrogens (tertiary/aromatic N) is 1. The van der Waals surface area contributed by atoms with Crippen LogP contribution in [0.15, 0.2) is 41.4 Å². The first kappa shape index (κ1) is 22.4. The minimum atomic E-state index is -0.833. The third kappa shape index (κ3) is 4.90. The van der Waals surface area contributed by atoms with Crippen LogP contribution in [0.4, 0.5) is 0 Å². The SMILES string of the molecule is CC1(C)CCC(C)(c2ccc(-c3cc(S(C)(C)C)c(C(C)(C)C)cn3)cc2)CC1. The van der Waals surface area contributed by atoms with Gasteiger partial charge in [-0.25, -0.2) is 10.0 Å². The van der Waals surface area contributed by atoms with E-state index in [0.717, 1.165) is 5.69 Å². The second-order valence-corrected chi connectivity index (χ2v) is 16.1. The Hall–Kier alpha value is -1.28. The molecule has 1 nitrogen and oxygen atoms in total. The zero-order valence-electron chi connectivity index (χ0n) is 20.1. The molecule has 0 unspecified atom stereocenters. The zero-order chi connectivity index (χ0) is 21.7. The van der Waals surface area contributed by atoms with Gasteiger partial charge in [0, 0.05) is 11.8 Å². The van der Waals surface area contributed by atoms with Crippen LogP contribution in [-0.2, 0) is 10.8 Å². The van der Waals surface area contributed by atoms with Crippen molar-refractivity contribution in [3.63, 3.8) is 0 Å². The quantitative estimate of drug-likeness (QED) is 0.499. The second kappa shape index (κ2) is 7.45. The van der Waals surface area contributed by atoms with Gasteiger partial charge in [-0.2, -0.15) is 0 Å². The van der Waals surface area contributed by atoms with Gasteiger partial charge in [0.15, 0.2) is 0 Å². The van der Waals surface area contributed by atoms with Crippen molar-refractivity contribution in [2.75, 3.05) is 18.8 Å². The maximum absolute atomic E-state index is 4.88. The predicted molar refractivity (Wildman–Crippen MR) is 132 cm³/mol. The molecule has 0 radical (unpaired) electrons. The van der Waals surface area contributed by atoms with Crippen LogP contribution in [0.5, 0.6) is 0 Å². The summed E-state index contributed by atoms with van der Waals surface area (Å²) in [5.74, 6) is 0. The predicted octanol–water partition coefficient (Wildman–Crippen LogP) is 7.96. The Balaban J connectivity index is 1.93. The zero-order valence-corrected chi connectivity index (χ0v) is 21.0. The van der Waals surface area contributed by atoms with Gasteiger partial charge in [-0.1, -0.05) is 65.8 Å². The second-order valence-electron chi connectivity index (χ2n) is 12.0. The Labute approximate surface area is 181 Å². The molecule has 2 aromatic rings. The highest BCUT2D eigenvalue weighted by atomic mass is 32.3. The van der Waals surface area contributed by atoms with Gasteiger partial charge in [0.05, 0.1) is 5.69 Å². The number of hydrogen-bond acceptors (Lipinski definition) is 1. The van der Waals surface area contributed by atoms with Crippen LogP contribution in [0.1, 0.15) is 78.4 Å². The molecular formula is C27H41NS. The van der Waals surface area contributed by atoms with Crippen molar-refractivity contribution in [3.05, 3.63) is 47.7 Å². The van der Waals surface area contributed by atoms with Gasteiger partial charge in [0.2, 0.25) is 0 Å². The van der Waals surface area contributed by atoms with Crippen molar-refractivity contribution in [1.29, 1.82) is 0 Å². The van der Waals surface area contributed by atoms with E-state index in [4.69, 9.17) is 4.98 Å². The molecule has 1 saturated carbocycles. The Morgan fingerprint density at radius 2 is 1.41 bits per heavy atom. The smallest absolute Gasteiger partial charge is 0.0712 e. The van der Waals surface area contributed by atoms with E-state index in [-0.39, 0.29) is 5.41 Å². The lowest BCUT2D eigenvalue weighted by Gasteiger charge is -2.42. The normalized spacial score (nSPS) is 19.8. The largest absolute Gasteiger partial charge is 0.256 e. The average Bonchev–Trinajstić information content (AvgIpc) is 2.63. The van der Waals surface area contributed by atoms with E-state index in [1.165, 1.54) is 47.3 Å². The summed E-state index contributed by atoms with van der Waals surface area (Å²) in [6.45, 7) is 14.2. The highest BCUT2D eigenvalue weighted by molar-refractivity contribution is 8.32. The standard InChI is InChI=1S/C27H41NS/c1-25(2,3)22-19-28-23(18-24(22)29(7,8)9)20-10-12-21(13-11-20)27(6)16-14-26(4,5)15-17-27/h10-13,18-19H,14-17H2,1-9H3. The van der Waals surface area contributed by atoms with E-state index in [0.29, 0.717) is 10.8 Å².